The molecule has 470 valence electrons. The van der Waals surface area contributed by atoms with Crippen LogP contribution in [0, 0.1) is 54.8 Å². The second-order valence-corrected chi connectivity index (χ2v) is 25.9. The summed E-state index contributed by atoms with van der Waals surface area (Å²) in [6.07, 6.45) is 4.17. The summed E-state index contributed by atoms with van der Waals surface area (Å²) >= 11 is 4.23. The number of carboxylic acid groups (broad SMARTS) is 3. The highest BCUT2D eigenvalue weighted by Crippen LogP contribution is 2.45. The maximum Gasteiger partial charge on any atom is 0.346 e. The SMILES string of the molecule is Cc1cccc(N(c2ccc(-c3ccc(/C=C(/C#N)C(=O)O)s3)cc2)c2ccc(N(c3ccc(N(c4ccc(-c5ccc(/C=C(/C#N)C(=O)O)s5)cc4)c4cccc(C)c4)cc3)c3ccc(N(c4ccc(-c5ccc(/C=C(\C#N)C(=O)O)s5)cc4)c4cccc(C)c4)cc3)cc2)c1. The van der Waals surface area contributed by atoms with Crippen LogP contribution in [0.1, 0.15) is 31.3 Å². The molecule has 0 spiro atoms. The van der Waals surface area contributed by atoms with Crippen LogP contribution in [0.2, 0.25) is 0 Å². The Morgan fingerprint density at radius 3 is 0.701 bits per heavy atom. The lowest BCUT2D eigenvalue weighted by molar-refractivity contribution is -0.133. The van der Waals surface area contributed by atoms with Gasteiger partial charge in [-0.1, -0.05) is 72.8 Å². The number of nitrogens with zero attached hydrogens (tertiary/aromatic N) is 7. The van der Waals surface area contributed by atoms with Crippen LogP contribution in [0.25, 0.3) is 49.5 Å². The molecule has 0 aliphatic rings. The van der Waals surface area contributed by atoms with E-state index in [1.165, 1.54) is 52.2 Å². The molecule has 3 heterocycles. The van der Waals surface area contributed by atoms with Crippen molar-refractivity contribution in [3.05, 3.63) is 303 Å². The Hall–Kier alpha value is -12.6. The van der Waals surface area contributed by atoms with E-state index >= 15 is 0 Å². The Morgan fingerprint density at radius 2 is 0.505 bits per heavy atom. The largest absolute Gasteiger partial charge is 0.477 e. The number of hydrogen-bond acceptors (Lipinski definition) is 13. The van der Waals surface area contributed by atoms with Crippen molar-refractivity contribution >= 4 is 138 Å². The predicted octanol–water partition coefficient (Wildman–Crippen LogP) is 21.7. The van der Waals surface area contributed by atoms with Gasteiger partial charge in [-0.15, -0.1) is 34.0 Å². The molecule has 3 N–H and O–H groups in total. The number of nitriles is 3. The van der Waals surface area contributed by atoms with Gasteiger partial charge in [-0.25, -0.2) is 14.4 Å². The third kappa shape index (κ3) is 14.6. The Morgan fingerprint density at radius 1 is 0.299 bits per heavy atom. The highest BCUT2D eigenvalue weighted by molar-refractivity contribution is 7.17. The fourth-order valence-electron chi connectivity index (χ4n) is 11.3. The lowest BCUT2D eigenvalue weighted by Crippen LogP contribution is -2.14. The zero-order valence-corrected chi connectivity index (χ0v) is 54.9. The van der Waals surface area contributed by atoms with Crippen molar-refractivity contribution in [2.45, 2.75) is 20.8 Å². The average molecular weight is 1320 g/mol. The molecule has 0 saturated heterocycles. The van der Waals surface area contributed by atoms with E-state index in [2.05, 4.69) is 204 Å². The molecule has 0 unspecified atom stereocenters. The van der Waals surface area contributed by atoms with Crippen LogP contribution in [0.5, 0.6) is 0 Å². The fraction of sp³-hybridized carbons (Fsp3) is 0.0370. The van der Waals surface area contributed by atoms with Gasteiger partial charge in [0.1, 0.15) is 34.9 Å². The van der Waals surface area contributed by atoms with Gasteiger partial charge in [-0.3, -0.25) is 0 Å². The summed E-state index contributed by atoms with van der Waals surface area (Å²) < 4.78 is 0. The van der Waals surface area contributed by atoms with Crippen LogP contribution in [0.4, 0.5) is 68.2 Å². The molecule has 0 aliphatic heterocycles. The van der Waals surface area contributed by atoms with Gasteiger partial charge in [0, 0.05) is 97.5 Å². The number of aryl methyl sites for hydroxylation is 3. The molecule has 3 aromatic heterocycles. The first-order valence-electron chi connectivity index (χ1n) is 30.5. The number of anilines is 12. The molecule has 0 radical (unpaired) electrons. The Labute approximate surface area is 572 Å². The van der Waals surface area contributed by atoms with Gasteiger partial charge < -0.3 is 34.9 Å². The standard InChI is InChI=1S/C81H57N7O6S3/c1-52-7-4-10-70(43-52)86(61-19-13-55(14-20-61)76-40-37-73(95-76)46-58(49-82)79(89)90)67-31-25-64(26-32-67)85(65-27-33-68(34-28-65)87(71-11-5-8-53(2)44-71)62-21-15-56(16-22-62)77-41-38-74(96-77)47-59(50-83)80(91)92)66-29-35-69(36-30-66)88(72-12-6-9-54(3)45-72)63-23-17-57(18-24-63)78-42-39-75(97-78)48-60(51-84)81(93)94/h4-48H,1-3H3,(H,89,90)(H,91,92)(H,93,94)/b58-46-,59-47-,60-48+. The maximum absolute atomic E-state index is 11.6. The van der Waals surface area contributed by atoms with Crippen LogP contribution in [0.15, 0.2) is 272 Å². The predicted molar refractivity (Wildman–Crippen MR) is 393 cm³/mol. The van der Waals surface area contributed by atoms with Gasteiger partial charge in [0.05, 0.1) is 0 Å². The van der Waals surface area contributed by atoms with E-state index in [9.17, 15) is 45.5 Å². The molecule has 9 aromatic carbocycles. The second-order valence-electron chi connectivity index (χ2n) is 22.6. The van der Waals surface area contributed by atoms with Crippen LogP contribution >= 0.6 is 34.0 Å². The monoisotopic (exact) mass is 1320 g/mol. The topological polar surface area (TPSA) is 196 Å². The highest BCUT2D eigenvalue weighted by atomic mass is 32.1. The normalized spacial score (nSPS) is 11.4. The van der Waals surface area contributed by atoms with E-state index < -0.39 is 17.9 Å². The van der Waals surface area contributed by atoms with Gasteiger partial charge in [-0.05, 0) is 254 Å². The van der Waals surface area contributed by atoms with Crippen molar-refractivity contribution in [2.24, 2.45) is 0 Å². The smallest absolute Gasteiger partial charge is 0.346 e. The summed E-state index contributed by atoms with van der Waals surface area (Å²) in [5, 5.41) is 56.6. The number of benzene rings is 9. The van der Waals surface area contributed by atoms with Crippen molar-refractivity contribution < 1.29 is 29.7 Å². The summed E-state index contributed by atoms with van der Waals surface area (Å²) in [4.78, 5) is 48.5. The second kappa shape index (κ2) is 28.7. The van der Waals surface area contributed by atoms with Gasteiger partial charge in [0.15, 0.2) is 0 Å². The number of thiophene rings is 3. The Kier molecular flexibility index (Phi) is 19.1. The van der Waals surface area contributed by atoms with E-state index in [1.807, 2.05) is 91.0 Å². The maximum atomic E-state index is 11.6. The molecular formula is C81H57N7O6S3. The third-order valence-corrected chi connectivity index (χ3v) is 19.1. The van der Waals surface area contributed by atoms with Crippen molar-refractivity contribution in [1.82, 2.24) is 0 Å². The molecule has 16 heteroatoms. The minimum absolute atomic E-state index is 0.329. The molecule has 12 rings (SSSR count). The van der Waals surface area contributed by atoms with E-state index in [4.69, 9.17) is 0 Å². The number of carbonyl (C=O) groups is 3. The van der Waals surface area contributed by atoms with Crippen LogP contribution in [0.3, 0.4) is 0 Å². The molecule has 0 aliphatic carbocycles. The van der Waals surface area contributed by atoms with E-state index in [1.54, 1.807) is 18.2 Å². The van der Waals surface area contributed by atoms with Crippen LogP contribution < -0.4 is 19.6 Å². The molecular weight excluding hydrogens is 1260 g/mol. The molecule has 0 fully saturated rings. The number of hydrogen-bond donors (Lipinski definition) is 3. The van der Waals surface area contributed by atoms with E-state index in [-0.39, 0.29) is 16.7 Å². The number of aliphatic carboxylic acids is 3. The lowest BCUT2D eigenvalue weighted by Gasteiger charge is -2.30. The first-order valence-corrected chi connectivity index (χ1v) is 32.9. The molecule has 0 saturated carbocycles. The third-order valence-electron chi connectivity index (χ3n) is 15.9. The fourth-order valence-corrected chi connectivity index (χ4v) is 14.1. The van der Waals surface area contributed by atoms with Crippen molar-refractivity contribution in [3.63, 3.8) is 0 Å². The van der Waals surface area contributed by atoms with E-state index in [0.717, 1.165) is 116 Å². The number of carboxylic acids is 3. The molecule has 12 aromatic rings. The van der Waals surface area contributed by atoms with Gasteiger partial charge in [0.25, 0.3) is 0 Å². The quantitative estimate of drug-likeness (QED) is 0.0454. The van der Waals surface area contributed by atoms with Crippen LogP contribution in [-0.2, 0) is 14.4 Å². The molecule has 0 bridgehead atoms. The zero-order chi connectivity index (χ0) is 67.7. The molecule has 97 heavy (non-hydrogen) atoms. The summed E-state index contributed by atoms with van der Waals surface area (Å²) in [6, 6.07) is 91.9. The van der Waals surface area contributed by atoms with Gasteiger partial charge >= 0.3 is 17.9 Å². The summed E-state index contributed by atoms with van der Waals surface area (Å²) in [7, 11) is 0. The zero-order valence-electron chi connectivity index (χ0n) is 52.4. The first-order chi connectivity index (χ1) is 47.1. The van der Waals surface area contributed by atoms with E-state index in [0.29, 0.717) is 14.6 Å². The number of rotatable bonds is 21. The Balaban J connectivity index is 0.921. The first kappa shape index (κ1) is 64.5. The van der Waals surface area contributed by atoms with Crippen molar-refractivity contribution in [1.29, 1.82) is 15.8 Å². The van der Waals surface area contributed by atoms with Crippen LogP contribution in [-0.4, -0.2) is 33.2 Å². The molecule has 0 amide bonds. The lowest BCUT2D eigenvalue weighted by atomic mass is 10.1. The summed E-state index contributed by atoms with van der Waals surface area (Å²) in [5.41, 5.74) is 16.2. The van der Waals surface area contributed by atoms with Gasteiger partial charge in [-0.2, -0.15) is 15.8 Å². The molecule has 0 atom stereocenters. The Bertz CT molecular complexity index is 4650. The van der Waals surface area contributed by atoms with Crippen molar-refractivity contribution in [3.8, 4) is 49.5 Å². The summed E-state index contributed by atoms with van der Waals surface area (Å²) in [5.74, 6) is -3.81. The minimum atomic E-state index is -1.27. The van der Waals surface area contributed by atoms with Crippen molar-refractivity contribution in [2.75, 3.05) is 19.6 Å². The van der Waals surface area contributed by atoms with Gasteiger partial charge in [0.2, 0.25) is 0 Å². The molecule has 13 nitrogen and oxygen atoms in total. The highest BCUT2D eigenvalue weighted by Gasteiger charge is 2.22. The summed E-state index contributed by atoms with van der Waals surface area (Å²) in [6.45, 7) is 6.22. The minimum Gasteiger partial charge on any atom is -0.477 e. The average Bonchev–Trinajstić information content (AvgIpc) is 1.85.